The van der Waals surface area contributed by atoms with Crippen molar-refractivity contribution in [3.05, 3.63) is 35.0 Å². The number of nitrogens with one attached hydrogen (secondary N) is 2. The minimum Gasteiger partial charge on any atom is -0.350 e. The summed E-state index contributed by atoms with van der Waals surface area (Å²) in [5, 5.41) is 5.01. The molecular formula is C14H17Cl2N3O. The van der Waals surface area contributed by atoms with E-state index in [0.29, 0.717) is 16.8 Å². The molecule has 1 aliphatic rings. The molecule has 1 aliphatic heterocycles. The zero-order valence-corrected chi connectivity index (χ0v) is 12.7. The highest BCUT2D eigenvalue weighted by Crippen LogP contribution is 2.21. The Balaban J connectivity index is 0.00000147. The van der Waals surface area contributed by atoms with Crippen molar-refractivity contribution in [3.63, 3.8) is 0 Å². The van der Waals surface area contributed by atoms with Gasteiger partial charge in [0.25, 0.3) is 5.91 Å². The Bertz CT molecular complexity index is 626. The number of aromatic nitrogens is 1. The van der Waals surface area contributed by atoms with Gasteiger partial charge in [-0.25, -0.2) is 0 Å². The van der Waals surface area contributed by atoms with Gasteiger partial charge in [-0.15, -0.1) is 12.4 Å². The first-order valence-corrected chi connectivity index (χ1v) is 6.82. The number of carbonyl (C=O) groups is 1. The number of piperazine rings is 1. The number of hydrogen-bond donors (Lipinski definition) is 2. The second-order valence-electron chi connectivity index (χ2n) is 5.02. The van der Waals surface area contributed by atoms with Crippen molar-refractivity contribution in [1.82, 2.24) is 15.2 Å². The van der Waals surface area contributed by atoms with Gasteiger partial charge in [-0.1, -0.05) is 17.7 Å². The van der Waals surface area contributed by atoms with E-state index in [1.807, 2.05) is 29.2 Å². The molecule has 1 aromatic carbocycles. The largest absolute Gasteiger partial charge is 0.350 e. The summed E-state index contributed by atoms with van der Waals surface area (Å²) in [6.07, 6.45) is 0. The zero-order chi connectivity index (χ0) is 13.4. The van der Waals surface area contributed by atoms with Crippen molar-refractivity contribution in [2.45, 2.75) is 13.0 Å². The fourth-order valence-electron chi connectivity index (χ4n) is 2.50. The molecule has 3 rings (SSSR count). The molecule has 1 saturated heterocycles. The van der Waals surface area contributed by atoms with Crippen LogP contribution in [-0.4, -0.2) is 41.5 Å². The van der Waals surface area contributed by atoms with Gasteiger partial charge < -0.3 is 15.2 Å². The summed E-state index contributed by atoms with van der Waals surface area (Å²) < 4.78 is 0. The van der Waals surface area contributed by atoms with Crippen LogP contribution >= 0.6 is 24.0 Å². The van der Waals surface area contributed by atoms with Crippen LogP contribution in [0, 0.1) is 0 Å². The van der Waals surface area contributed by atoms with Gasteiger partial charge in [0, 0.05) is 41.6 Å². The average Bonchev–Trinajstić information content (AvgIpc) is 2.80. The normalized spacial score (nSPS) is 18.9. The maximum Gasteiger partial charge on any atom is 0.270 e. The summed E-state index contributed by atoms with van der Waals surface area (Å²) >= 11 is 5.95. The number of benzene rings is 1. The molecule has 0 aliphatic carbocycles. The summed E-state index contributed by atoms with van der Waals surface area (Å²) in [5.74, 6) is 0.0562. The first-order valence-electron chi connectivity index (χ1n) is 6.44. The Morgan fingerprint density at radius 3 is 2.95 bits per heavy atom. The van der Waals surface area contributed by atoms with Gasteiger partial charge in [0.05, 0.1) is 0 Å². The molecule has 108 valence electrons. The van der Waals surface area contributed by atoms with Gasteiger partial charge in [-0.05, 0) is 25.1 Å². The number of nitrogens with zero attached hydrogens (tertiary/aromatic N) is 1. The van der Waals surface area contributed by atoms with Crippen LogP contribution in [0.4, 0.5) is 0 Å². The quantitative estimate of drug-likeness (QED) is 0.850. The molecule has 0 radical (unpaired) electrons. The van der Waals surface area contributed by atoms with Crippen molar-refractivity contribution in [3.8, 4) is 0 Å². The molecule has 0 saturated carbocycles. The van der Waals surface area contributed by atoms with Gasteiger partial charge in [0.1, 0.15) is 5.69 Å². The first kappa shape index (κ1) is 15.2. The number of carbonyl (C=O) groups excluding carboxylic acids is 1. The maximum atomic E-state index is 12.4. The number of fused-ring (bicyclic) bond motifs is 1. The number of aromatic amines is 1. The minimum absolute atomic E-state index is 0. The van der Waals surface area contributed by atoms with Crippen LogP contribution in [0.25, 0.3) is 10.9 Å². The predicted octanol–water partition coefficient (Wildman–Crippen LogP) is 2.68. The van der Waals surface area contributed by atoms with Crippen LogP contribution in [0.5, 0.6) is 0 Å². The molecule has 1 amide bonds. The van der Waals surface area contributed by atoms with E-state index >= 15 is 0 Å². The van der Waals surface area contributed by atoms with E-state index in [2.05, 4.69) is 17.2 Å². The fourth-order valence-corrected chi connectivity index (χ4v) is 2.67. The first-order chi connectivity index (χ1) is 9.13. The molecule has 0 spiro atoms. The van der Waals surface area contributed by atoms with Crippen LogP contribution in [0.15, 0.2) is 24.3 Å². The summed E-state index contributed by atoms with van der Waals surface area (Å²) in [4.78, 5) is 17.5. The number of H-pyrrole nitrogens is 1. The minimum atomic E-state index is 0. The molecule has 1 fully saturated rings. The molecule has 0 bridgehead atoms. The summed E-state index contributed by atoms with van der Waals surface area (Å²) in [6.45, 7) is 4.43. The second-order valence-corrected chi connectivity index (χ2v) is 5.46. The molecule has 1 atom stereocenters. The van der Waals surface area contributed by atoms with E-state index in [-0.39, 0.29) is 18.3 Å². The molecule has 20 heavy (non-hydrogen) atoms. The van der Waals surface area contributed by atoms with Crippen LogP contribution < -0.4 is 5.32 Å². The highest BCUT2D eigenvalue weighted by Gasteiger charge is 2.22. The van der Waals surface area contributed by atoms with Crippen LogP contribution in [0.2, 0.25) is 5.02 Å². The fraction of sp³-hybridized carbons (Fsp3) is 0.357. The van der Waals surface area contributed by atoms with Crippen molar-refractivity contribution >= 4 is 40.8 Å². The van der Waals surface area contributed by atoms with Gasteiger partial charge in [-0.2, -0.15) is 0 Å². The molecule has 1 aromatic heterocycles. The van der Waals surface area contributed by atoms with E-state index in [1.165, 1.54) is 0 Å². The number of hydrogen-bond acceptors (Lipinski definition) is 2. The van der Waals surface area contributed by atoms with Gasteiger partial charge in [0.15, 0.2) is 0 Å². The van der Waals surface area contributed by atoms with Crippen molar-refractivity contribution < 1.29 is 4.79 Å². The topological polar surface area (TPSA) is 48.1 Å². The van der Waals surface area contributed by atoms with Gasteiger partial charge in [0.2, 0.25) is 0 Å². The summed E-state index contributed by atoms with van der Waals surface area (Å²) in [6, 6.07) is 7.83. The Labute approximate surface area is 128 Å². The Morgan fingerprint density at radius 1 is 1.40 bits per heavy atom. The van der Waals surface area contributed by atoms with E-state index in [4.69, 9.17) is 11.6 Å². The Hall–Kier alpha value is -1.23. The van der Waals surface area contributed by atoms with Crippen LogP contribution in [-0.2, 0) is 0 Å². The second kappa shape index (κ2) is 6.04. The lowest BCUT2D eigenvalue weighted by molar-refractivity contribution is 0.0704. The molecular weight excluding hydrogens is 297 g/mol. The summed E-state index contributed by atoms with van der Waals surface area (Å²) in [7, 11) is 0. The summed E-state index contributed by atoms with van der Waals surface area (Å²) in [5.41, 5.74) is 1.53. The Kier molecular flexibility index (Phi) is 4.58. The molecule has 2 aromatic rings. The van der Waals surface area contributed by atoms with E-state index in [9.17, 15) is 4.79 Å². The smallest absolute Gasteiger partial charge is 0.270 e. The monoisotopic (exact) mass is 313 g/mol. The number of rotatable bonds is 1. The van der Waals surface area contributed by atoms with Crippen LogP contribution in [0.3, 0.4) is 0 Å². The van der Waals surface area contributed by atoms with Crippen molar-refractivity contribution in [2.75, 3.05) is 19.6 Å². The standard InChI is InChI=1S/C14H16ClN3O.ClH/c1-9-8-18(5-4-16-9)14(19)13-6-10-2-3-11(15)7-12(10)17-13;/h2-3,6-7,9,16-17H,4-5,8H2,1H3;1H/t9-;/m1./s1. The average molecular weight is 314 g/mol. The van der Waals surface area contributed by atoms with E-state index in [1.54, 1.807) is 0 Å². The molecule has 4 nitrogen and oxygen atoms in total. The predicted molar refractivity (Wildman–Crippen MR) is 83.9 cm³/mol. The molecule has 2 N–H and O–H groups in total. The third-order valence-electron chi connectivity index (χ3n) is 3.47. The lowest BCUT2D eigenvalue weighted by Gasteiger charge is -2.31. The van der Waals surface area contributed by atoms with Crippen molar-refractivity contribution in [2.24, 2.45) is 0 Å². The highest BCUT2D eigenvalue weighted by atomic mass is 35.5. The van der Waals surface area contributed by atoms with Gasteiger partial charge >= 0.3 is 0 Å². The molecule has 6 heteroatoms. The van der Waals surface area contributed by atoms with E-state index < -0.39 is 0 Å². The lowest BCUT2D eigenvalue weighted by atomic mass is 10.2. The highest BCUT2D eigenvalue weighted by molar-refractivity contribution is 6.31. The maximum absolute atomic E-state index is 12.4. The third kappa shape index (κ3) is 2.92. The zero-order valence-electron chi connectivity index (χ0n) is 11.1. The molecule has 0 unspecified atom stereocenters. The Morgan fingerprint density at radius 2 is 2.20 bits per heavy atom. The number of halogens is 2. The molecule has 2 heterocycles. The lowest BCUT2D eigenvalue weighted by Crippen LogP contribution is -2.51. The SMILES string of the molecule is C[C@@H]1CN(C(=O)c2cc3ccc(Cl)cc3[nH]2)CCN1.Cl. The van der Waals surface area contributed by atoms with Gasteiger partial charge in [-0.3, -0.25) is 4.79 Å². The third-order valence-corrected chi connectivity index (χ3v) is 3.71. The van der Waals surface area contributed by atoms with Crippen LogP contribution in [0.1, 0.15) is 17.4 Å². The van der Waals surface area contributed by atoms with E-state index in [0.717, 1.165) is 30.5 Å². The number of amides is 1. The van der Waals surface area contributed by atoms with Crippen molar-refractivity contribution in [1.29, 1.82) is 0 Å².